The number of nitrogen functional groups attached to an aromatic ring is 1. The number of nitrogens with two attached hydrogens (primary N) is 1. The van der Waals surface area contributed by atoms with Gasteiger partial charge in [-0.1, -0.05) is 18.2 Å². The van der Waals surface area contributed by atoms with E-state index in [1.54, 1.807) is 0 Å². The van der Waals surface area contributed by atoms with E-state index >= 15 is 0 Å². The molecule has 0 atom stereocenters. The molecule has 0 aliphatic heterocycles. The maximum atomic E-state index is 9.55. The van der Waals surface area contributed by atoms with Crippen LogP contribution in [0.15, 0.2) is 42.5 Å². The minimum atomic E-state index is -1.26. The largest absolute Gasteiger partial charge is 0.478 e. The molecule has 0 spiro atoms. The Bertz CT molecular complexity index is 346. The van der Waals surface area contributed by atoms with E-state index in [-0.39, 0.29) is 0 Å². The summed E-state index contributed by atoms with van der Waals surface area (Å²) in [5.41, 5.74) is 3.46. The summed E-state index contributed by atoms with van der Waals surface area (Å²) in [5, 5.41) is 15.6. The zero-order valence-electron chi connectivity index (χ0n) is 8.33. The lowest BCUT2D eigenvalue weighted by Gasteiger charge is -1.94. The number of hydrazine groups is 1. The highest BCUT2D eigenvalue weighted by molar-refractivity contribution is 5.89. The molecule has 0 aliphatic rings. The number of aliphatic carboxylic acids is 2. The summed E-state index contributed by atoms with van der Waals surface area (Å²) >= 11 is 0. The number of carboxylic acid groups (broad SMARTS) is 2. The van der Waals surface area contributed by atoms with E-state index in [0.717, 1.165) is 5.69 Å². The molecule has 86 valence electrons. The van der Waals surface area contributed by atoms with Crippen molar-refractivity contribution < 1.29 is 19.8 Å². The lowest BCUT2D eigenvalue weighted by molar-refractivity contribution is -0.134. The maximum absolute atomic E-state index is 9.55. The zero-order chi connectivity index (χ0) is 12.4. The van der Waals surface area contributed by atoms with E-state index < -0.39 is 11.9 Å². The van der Waals surface area contributed by atoms with Gasteiger partial charge in [0, 0.05) is 17.8 Å². The Labute approximate surface area is 92.0 Å². The van der Waals surface area contributed by atoms with E-state index in [0.29, 0.717) is 12.2 Å². The Morgan fingerprint density at radius 1 is 1.06 bits per heavy atom. The molecule has 0 amide bonds. The molecular weight excluding hydrogens is 212 g/mol. The number of benzene rings is 1. The highest BCUT2D eigenvalue weighted by atomic mass is 16.4. The lowest BCUT2D eigenvalue weighted by atomic mass is 10.3. The van der Waals surface area contributed by atoms with Gasteiger partial charge in [0.05, 0.1) is 0 Å². The van der Waals surface area contributed by atoms with Crippen molar-refractivity contribution in [2.75, 3.05) is 5.43 Å². The second-order valence-electron chi connectivity index (χ2n) is 2.52. The van der Waals surface area contributed by atoms with Crippen LogP contribution in [-0.4, -0.2) is 22.2 Å². The Balaban J connectivity index is 0.000000281. The summed E-state index contributed by atoms with van der Waals surface area (Å²) in [5.74, 6) is 2.59. The molecule has 1 aromatic rings. The summed E-state index contributed by atoms with van der Waals surface area (Å²) in [6.45, 7) is 0. The van der Waals surface area contributed by atoms with Gasteiger partial charge < -0.3 is 15.6 Å². The number of nitrogens with one attached hydrogen (secondary N) is 1. The molecule has 0 saturated carbocycles. The fourth-order valence-electron chi connectivity index (χ4n) is 0.677. The summed E-state index contributed by atoms with van der Waals surface area (Å²) in [7, 11) is 0. The van der Waals surface area contributed by atoms with Gasteiger partial charge in [0.2, 0.25) is 0 Å². The second-order valence-corrected chi connectivity index (χ2v) is 2.52. The first-order valence-electron chi connectivity index (χ1n) is 4.22. The first kappa shape index (κ1) is 13.7. The smallest absolute Gasteiger partial charge is 0.328 e. The van der Waals surface area contributed by atoms with E-state index in [9.17, 15) is 9.59 Å². The summed E-state index contributed by atoms with van der Waals surface area (Å²) in [4.78, 5) is 19.1. The van der Waals surface area contributed by atoms with Crippen LogP contribution >= 0.6 is 0 Å². The van der Waals surface area contributed by atoms with Crippen molar-refractivity contribution in [1.82, 2.24) is 0 Å². The fraction of sp³-hybridized carbons (Fsp3) is 0. The lowest BCUT2D eigenvalue weighted by Crippen LogP contribution is -2.05. The van der Waals surface area contributed by atoms with Gasteiger partial charge in [-0.05, 0) is 12.1 Å². The number of carboxylic acids is 2. The molecule has 0 aliphatic carbocycles. The minimum absolute atomic E-state index is 0.558. The van der Waals surface area contributed by atoms with E-state index in [1.165, 1.54) is 0 Å². The SMILES string of the molecule is NNc1ccccc1.O=C(O)/C=C\C(=O)O. The Hall–Kier alpha value is -2.34. The topological polar surface area (TPSA) is 113 Å². The van der Waals surface area contributed by atoms with Crippen LogP contribution in [0.4, 0.5) is 5.69 Å². The maximum Gasteiger partial charge on any atom is 0.328 e. The van der Waals surface area contributed by atoms with Gasteiger partial charge in [-0.15, -0.1) is 0 Å². The van der Waals surface area contributed by atoms with Gasteiger partial charge in [0.15, 0.2) is 0 Å². The molecule has 0 unspecified atom stereocenters. The monoisotopic (exact) mass is 224 g/mol. The fourth-order valence-corrected chi connectivity index (χ4v) is 0.677. The summed E-state index contributed by atoms with van der Waals surface area (Å²) in [6, 6.07) is 9.60. The molecule has 5 N–H and O–H groups in total. The van der Waals surface area contributed by atoms with Gasteiger partial charge in [-0.2, -0.15) is 0 Å². The van der Waals surface area contributed by atoms with Crippen molar-refractivity contribution in [3.05, 3.63) is 42.5 Å². The van der Waals surface area contributed by atoms with Gasteiger partial charge in [0.25, 0.3) is 0 Å². The van der Waals surface area contributed by atoms with Gasteiger partial charge >= 0.3 is 11.9 Å². The van der Waals surface area contributed by atoms with Crippen LogP contribution in [0.25, 0.3) is 0 Å². The zero-order valence-corrected chi connectivity index (χ0v) is 8.33. The molecule has 6 nitrogen and oxygen atoms in total. The number of carbonyl (C=O) groups is 2. The Morgan fingerprint density at radius 2 is 1.50 bits per heavy atom. The van der Waals surface area contributed by atoms with Gasteiger partial charge in [0.1, 0.15) is 0 Å². The molecule has 6 heteroatoms. The third-order valence-corrected chi connectivity index (χ3v) is 1.31. The van der Waals surface area contributed by atoms with E-state index in [2.05, 4.69) is 5.43 Å². The predicted octanol–water partition coefficient (Wildman–Crippen LogP) is 0.684. The molecule has 1 aromatic carbocycles. The molecule has 1 rings (SSSR count). The average Bonchev–Trinajstić information content (AvgIpc) is 2.28. The van der Waals surface area contributed by atoms with Gasteiger partial charge in [-0.3, -0.25) is 5.84 Å². The van der Waals surface area contributed by atoms with Crippen molar-refractivity contribution in [3.8, 4) is 0 Å². The van der Waals surface area contributed by atoms with Crippen molar-refractivity contribution in [3.63, 3.8) is 0 Å². The van der Waals surface area contributed by atoms with Crippen LogP contribution in [0.5, 0.6) is 0 Å². The van der Waals surface area contributed by atoms with Crippen LogP contribution < -0.4 is 11.3 Å². The standard InChI is InChI=1S/C6H8N2.C4H4O4/c7-8-6-4-2-1-3-5-6;5-3(6)1-2-4(7)8/h1-5,8H,7H2;1-2H,(H,5,6)(H,7,8)/b;2-1-. The number of hydrogen-bond acceptors (Lipinski definition) is 4. The van der Waals surface area contributed by atoms with Crippen molar-refractivity contribution in [1.29, 1.82) is 0 Å². The average molecular weight is 224 g/mol. The number of hydrogen-bond donors (Lipinski definition) is 4. The number of para-hydroxylation sites is 1. The van der Waals surface area contributed by atoms with Crippen molar-refractivity contribution in [2.45, 2.75) is 0 Å². The van der Waals surface area contributed by atoms with Crippen LogP contribution in [0, 0.1) is 0 Å². The second kappa shape index (κ2) is 8.01. The first-order chi connectivity index (χ1) is 7.56. The van der Waals surface area contributed by atoms with Crippen molar-refractivity contribution in [2.24, 2.45) is 5.84 Å². The first-order valence-corrected chi connectivity index (χ1v) is 4.22. The highest BCUT2D eigenvalue weighted by Crippen LogP contribution is 2.00. The van der Waals surface area contributed by atoms with E-state index in [1.807, 2.05) is 30.3 Å². The minimum Gasteiger partial charge on any atom is -0.478 e. The quantitative estimate of drug-likeness (QED) is 0.341. The molecular formula is C10H12N2O4. The molecule has 0 radical (unpaired) electrons. The highest BCUT2D eigenvalue weighted by Gasteiger charge is 1.88. The van der Waals surface area contributed by atoms with Crippen molar-refractivity contribution >= 4 is 17.6 Å². The molecule has 0 heterocycles. The Kier molecular flexibility index (Phi) is 6.84. The molecule has 0 saturated heterocycles. The number of anilines is 1. The van der Waals surface area contributed by atoms with E-state index in [4.69, 9.17) is 16.1 Å². The third kappa shape index (κ3) is 8.27. The Morgan fingerprint density at radius 3 is 1.75 bits per heavy atom. The van der Waals surface area contributed by atoms with Crippen LogP contribution in [-0.2, 0) is 9.59 Å². The normalized spacial score (nSPS) is 9.06. The molecule has 0 bridgehead atoms. The predicted molar refractivity (Wildman–Crippen MR) is 58.7 cm³/mol. The summed E-state index contributed by atoms with van der Waals surface area (Å²) < 4.78 is 0. The van der Waals surface area contributed by atoms with Gasteiger partial charge in [-0.25, -0.2) is 9.59 Å². The van der Waals surface area contributed by atoms with Crippen LogP contribution in [0.2, 0.25) is 0 Å². The molecule has 0 fully saturated rings. The summed E-state index contributed by atoms with van der Waals surface area (Å²) in [6.07, 6.45) is 1.12. The van der Waals surface area contributed by atoms with Crippen LogP contribution in [0.1, 0.15) is 0 Å². The molecule has 16 heavy (non-hydrogen) atoms. The van der Waals surface area contributed by atoms with Crippen LogP contribution in [0.3, 0.4) is 0 Å². The molecule has 0 aromatic heterocycles. The third-order valence-electron chi connectivity index (χ3n) is 1.31. The number of rotatable bonds is 3.